The number of carbonyl (C=O) groups excluding carboxylic acids is 1. The molecule has 182 valence electrons. The number of phosphoric acid groups is 1. The molecule has 4 rings (SSSR count). The summed E-state index contributed by atoms with van der Waals surface area (Å²) in [5.74, 6) is -0.554. The first kappa shape index (κ1) is 24.3. The first-order valence-electron chi connectivity index (χ1n) is 10.6. The average molecular weight is 504 g/mol. The van der Waals surface area contributed by atoms with Gasteiger partial charge in [0.15, 0.2) is 17.7 Å². The number of alkyl halides is 1. The lowest BCUT2D eigenvalue weighted by Gasteiger charge is -2.34. The molecule has 33 heavy (non-hydrogen) atoms. The number of fused-ring (bicyclic) bond motifs is 2. The van der Waals surface area contributed by atoms with Crippen molar-refractivity contribution in [3.05, 3.63) is 12.7 Å². The Kier molecular flexibility index (Phi) is 6.69. The Labute approximate surface area is 195 Å². The summed E-state index contributed by atoms with van der Waals surface area (Å²) in [4.78, 5) is 23.2. The van der Waals surface area contributed by atoms with Gasteiger partial charge in [0.2, 0.25) is 0 Å². The number of rotatable bonds is 7. The monoisotopic (exact) mass is 503 g/mol. The largest absolute Gasteiger partial charge is 0.475 e. The third-order valence-corrected chi connectivity index (χ3v) is 7.37. The topological polar surface area (TPSA) is 150 Å². The average Bonchev–Trinajstić information content (AvgIpc) is 3.27. The SMILES string of the molecule is CC(C)OC(=O)[C@@H](C)CCOP1(=O)OC[C@H]2O[C@@H](n3cnc4c(N)ncnc43)[C@](C)(Cl)[C@@H]2O1. The van der Waals surface area contributed by atoms with Crippen LogP contribution in [0.1, 0.15) is 40.3 Å². The van der Waals surface area contributed by atoms with E-state index in [0.717, 1.165) is 0 Å². The number of esters is 1. The van der Waals surface area contributed by atoms with E-state index in [1.54, 1.807) is 32.3 Å². The van der Waals surface area contributed by atoms with E-state index in [-0.39, 0.29) is 37.5 Å². The van der Waals surface area contributed by atoms with Crippen molar-refractivity contribution >= 4 is 42.4 Å². The fraction of sp³-hybridized carbons (Fsp3) is 0.684. The number of hydrogen-bond donors (Lipinski definition) is 1. The van der Waals surface area contributed by atoms with Gasteiger partial charge in [0.25, 0.3) is 0 Å². The second kappa shape index (κ2) is 9.09. The highest BCUT2D eigenvalue weighted by Crippen LogP contribution is 2.60. The van der Waals surface area contributed by atoms with E-state index in [9.17, 15) is 9.36 Å². The molecule has 4 heterocycles. The van der Waals surface area contributed by atoms with Gasteiger partial charge in [0.05, 0.1) is 31.6 Å². The van der Waals surface area contributed by atoms with Gasteiger partial charge in [-0.25, -0.2) is 19.5 Å². The molecule has 14 heteroatoms. The second-order valence-electron chi connectivity index (χ2n) is 8.54. The molecular formula is C19H27ClN5O7P. The molecule has 2 saturated heterocycles. The van der Waals surface area contributed by atoms with E-state index in [2.05, 4.69) is 15.0 Å². The maximum absolute atomic E-state index is 13.1. The second-order valence-corrected chi connectivity index (χ2v) is 11.0. The van der Waals surface area contributed by atoms with Gasteiger partial charge in [-0.2, -0.15) is 0 Å². The van der Waals surface area contributed by atoms with Gasteiger partial charge in [-0.15, -0.1) is 11.6 Å². The van der Waals surface area contributed by atoms with Crippen LogP contribution in [0.3, 0.4) is 0 Å². The van der Waals surface area contributed by atoms with Crippen LogP contribution in [0.4, 0.5) is 5.82 Å². The summed E-state index contributed by atoms with van der Waals surface area (Å²) in [7, 11) is -3.92. The highest BCUT2D eigenvalue weighted by molar-refractivity contribution is 7.48. The third-order valence-electron chi connectivity index (χ3n) is 5.51. The van der Waals surface area contributed by atoms with Crippen molar-refractivity contribution in [2.45, 2.75) is 63.5 Å². The van der Waals surface area contributed by atoms with E-state index in [1.165, 1.54) is 12.7 Å². The molecule has 2 aromatic heterocycles. The summed E-state index contributed by atoms with van der Waals surface area (Å²) in [6.45, 7) is 6.89. The van der Waals surface area contributed by atoms with Crippen LogP contribution >= 0.6 is 19.4 Å². The molecule has 0 bridgehead atoms. The lowest BCUT2D eigenvalue weighted by atomic mass is 10.0. The lowest BCUT2D eigenvalue weighted by Crippen LogP contribution is -2.44. The molecule has 2 fully saturated rings. The number of nitrogen functional groups attached to an aromatic ring is 1. The highest BCUT2D eigenvalue weighted by Gasteiger charge is 2.60. The zero-order valence-corrected chi connectivity index (χ0v) is 20.4. The normalized spacial score (nSPS) is 32.7. The van der Waals surface area contributed by atoms with Crippen molar-refractivity contribution in [2.75, 3.05) is 18.9 Å². The van der Waals surface area contributed by atoms with Gasteiger partial charge in [-0.3, -0.25) is 22.9 Å². The van der Waals surface area contributed by atoms with Crippen molar-refractivity contribution in [1.82, 2.24) is 19.5 Å². The number of anilines is 1. The minimum atomic E-state index is -3.92. The number of aromatic nitrogens is 4. The predicted octanol–water partition coefficient (Wildman–Crippen LogP) is 2.82. The number of carbonyl (C=O) groups is 1. The van der Waals surface area contributed by atoms with Crippen molar-refractivity contribution in [3.63, 3.8) is 0 Å². The molecule has 2 aliphatic heterocycles. The molecule has 1 unspecified atom stereocenters. The number of nitrogens with two attached hydrogens (primary N) is 1. The zero-order chi connectivity index (χ0) is 24.0. The quantitative estimate of drug-likeness (QED) is 0.337. The number of nitrogens with zero attached hydrogens (tertiary/aromatic N) is 4. The molecule has 6 atom stereocenters. The van der Waals surface area contributed by atoms with Crippen LogP contribution in [0.25, 0.3) is 11.2 Å². The van der Waals surface area contributed by atoms with Crippen LogP contribution in [0.2, 0.25) is 0 Å². The fourth-order valence-corrected chi connectivity index (χ4v) is 5.65. The van der Waals surface area contributed by atoms with Gasteiger partial charge in [0.1, 0.15) is 28.9 Å². The number of phosphoric ester groups is 1. The van der Waals surface area contributed by atoms with Gasteiger partial charge in [-0.05, 0) is 27.2 Å². The molecule has 2 aliphatic rings. The van der Waals surface area contributed by atoms with Crippen molar-refractivity contribution in [3.8, 4) is 0 Å². The zero-order valence-electron chi connectivity index (χ0n) is 18.7. The highest BCUT2D eigenvalue weighted by atomic mass is 35.5. The number of hydrogen-bond acceptors (Lipinski definition) is 11. The first-order valence-corrected chi connectivity index (χ1v) is 12.4. The molecule has 0 amide bonds. The van der Waals surface area contributed by atoms with Crippen molar-refractivity contribution < 1.29 is 32.4 Å². The van der Waals surface area contributed by atoms with Crippen molar-refractivity contribution in [2.24, 2.45) is 5.92 Å². The van der Waals surface area contributed by atoms with Gasteiger partial charge < -0.3 is 15.2 Å². The number of halogens is 1. The first-order chi connectivity index (χ1) is 15.5. The van der Waals surface area contributed by atoms with Crippen LogP contribution in [0.15, 0.2) is 12.7 Å². The number of imidazole rings is 1. The fourth-order valence-electron chi connectivity index (χ4n) is 3.76. The minimum Gasteiger partial charge on any atom is -0.463 e. The molecular weight excluding hydrogens is 477 g/mol. The number of ether oxygens (including phenoxy) is 2. The summed E-state index contributed by atoms with van der Waals surface area (Å²) in [6.07, 6.45) is 0.748. The van der Waals surface area contributed by atoms with Crippen LogP contribution in [0.5, 0.6) is 0 Å². The van der Waals surface area contributed by atoms with E-state index in [1.807, 2.05) is 0 Å². The molecule has 2 aromatic rings. The predicted molar refractivity (Wildman–Crippen MR) is 117 cm³/mol. The van der Waals surface area contributed by atoms with Crippen LogP contribution in [-0.2, 0) is 32.4 Å². The molecule has 0 saturated carbocycles. The summed E-state index contributed by atoms with van der Waals surface area (Å²) in [5, 5.41) is 0. The Bertz CT molecular complexity index is 1080. The van der Waals surface area contributed by atoms with E-state index < -0.39 is 37.1 Å². The van der Waals surface area contributed by atoms with Gasteiger partial charge >= 0.3 is 13.8 Å². The molecule has 0 spiro atoms. The summed E-state index contributed by atoms with van der Waals surface area (Å²) < 4.78 is 42.5. The Morgan fingerprint density at radius 3 is 2.88 bits per heavy atom. The summed E-state index contributed by atoms with van der Waals surface area (Å²) in [6, 6.07) is 0. The maximum Gasteiger partial charge on any atom is 0.475 e. The van der Waals surface area contributed by atoms with E-state index >= 15 is 0 Å². The lowest BCUT2D eigenvalue weighted by molar-refractivity contribution is -0.152. The Balaban J connectivity index is 1.43. The Hall–Kier alpha value is -1.82. The van der Waals surface area contributed by atoms with Gasteiger partial charge in [-0.1, -0.05) is 6.92 Å². The summed E-state index contributed by atoms with van der Waals surface area (Å²) in [5.41, 5.74) is 6.73. The molecule has 0 radical (unpaired) electrons. The standard InChI is InChI=1S/C19H27ClN5O7P/c1-10(2)30-17(26)11(3)5-6-28-33(27)29-7-12-14(32-33)19(4,20)18(31-12)25-9-24-13-15(21)22-8-23-16(13)25/h8-12,14,18H,5-7H2,1-4H3,(H2,21,22,23)/t11-,12+,14+,18+,19+,33?/m0/s1. The van der Waals surface area contributed by atoms with Crippen LogP contribution < -0.4 is 5.73 Å². The Morgan fingerprint density at radius 2 is 2.15 bits per heavy atom. The van der Waals surface area contributed by atoms with E-state index in [0.29, 0.717) is 11.2 Å². The van der Waals surface area contributed by atoms with Crippen LogP contribution in [0, 0.1) is 5.92 Å². The molecule has 2 N–H and O–H groups in total. The molecule has 12 nitrogen and oxygen atoms in total. The Morgan fingerprint density at radius 1 is 1.39 bits per heavy atom. The smallest absolute Gasteiger partial charge is 0.463 e. The van der Waals surface area contributed by atoms with Gasteiger partial charge in [0, 0.05) is 0 Å². The molecule has 0 aromatic carbocycles. The molecule has 0 aliphatic carbocycles. The van der Waals surface area contributed by atoms with E-state index in [4.69, 9.17) is 40.4 Å². The maximum atomic E-state index is 13.1. The minimum absolute atomic E-state index is 0.0192. The van der Waals surface area contributed by atoms with Crippen molar-refractivity contribution in [1.29, 1.82) is 0 Å². The summed E-state index contributed by atoms with van der Waals surface area (Å²) >= 11 is 6.87. The van der Waals surface area contributed by atoms with Crippen LogP contribution in [-0.4, -0.2) is 61.9 Å². The third kappa shape index (κ3) is 4.73.